The van der Waals surface area contributed by atoms with E-state index in [0.29, 0.717) is 0 Å². The van der Waals surface area contributed by atoms with E-state index < -0.39 is 36.0 Å². The second-order valence-electron chi connectivity index (χ2n) is 6.64. The Morgan fingerprint density at radius 2 is 1.79 bits per heavy atom. The summed E-state index contributed by atoms with van der Waals surface area (Å²) in [5.41, 5.74) is 0. The molecule has 0 radical (unpaired) electrons. The molecule has 0 saturated heterocycles. The number of hydrogen-bond donors (Lipinski definition) is 2. The highest BCUT2D eigenvalue weighted by atomic mass is 19.4. The lowest BCUT2D eigenvalue weighted by Gasteiger charge is -2.30. The van der Waals surface area contributed by atoms with Crippen molar-refractivity contribution in [3.05, 3.63) is 0 Å². The second kappa shape index (κ2) is 7.85. The molecule has 1 saturated carbocycles. The van der Waals surface area contributed by atoms with Crippen molar-refractivity contribution >= 4 is 17.8 Å². The minimum absolute atomic E-state index is 0.0204. The summed E-state index contributed by atoms with van der Waals surface area (Å²) >= 11 is 0. The van der Waals surface area contributed by atoms with Crippen LogP contribution in [0.3, 0.4) is 0 Å². The highest BCUT2D eigenvalue weighted by Crippen LogP contribution is 2.34. The predicted octanol–water partition coefficient (Wildman–Crippen LogP) is 1.79. The van der Waals surface area contributed by atoms with Crippen LogP contribution in [0.25, 0.3) is 0 Å². The molecule has 0 aromatic rings. The number of carboxylic acid groups (broad SMARTS) is 1. The number of carbonyl (C=O) groups is 3. The number of carboxylic acids is 1. The fraction of sp³-hybridized carbons (Fsp3) is 0.800. The summed E-state index contributed by atoms with van der Waals surface area (Å²) in [7, 11) is 1.24. The highest BCUT2D eigenvalue weighted by Gasteiger charge is 2.43. The van der Waals surface area contributed by atoms with Crippen LogP contribution in [0.5, 0.6) is 0 Å². The highest BCUT2D eigenvalue weighted by molar-refractivity contribution is 5.91. The standard InChI is InChI=1S/C15H23F3N2O4/c1-8(2)6-11(13(22)23)20(3)12(21)10(7-9-4-5-9)19-14(24)15(16,17)18/h8-11H,4-7H2,1-3H3,(H,19,24)(H,22,23)/t10-,11-/m0/s1. The van der Waals surface area contributed by atoms with Gasteiger partial charge in [-0.05, 0) is 24.7 Å². The molecule has 0 aromatic heterocycles. The monoisotopic (exact) mass is 352 g/mol. The molecule has 2 N–H and O–H groups in total. The Kier molecular flexibility index (Phi) is 6.62. The van der Waals surface area contributed by atoms with Crippen molar-refractivity contribution in [1.82, 2.24) is 10.2 Å². The van der Waals surface area contributed by atoms with E-state index in [2.05, 4.69) is 0 Å². The number of nitrogens with one attached hydrogen (secondary N) is 1. The van der Waals surface area contributed by atoms with Gasteiger partial charge < -0.3 is 15.3 Å². The molecule has 9 heteroatoms. The van der Waals surface area contributed by atoms with E-state index in [1.807, 2.05) is 0 Å². The van der Waals surface area contributed by atoms with Crippen LogP contribution in [-0.4, -0.2) is 53.1 Å². The van der Waals surface area contributed by atoms with E-state index in [1.165, 1.54) is 7.05 Å². The van der Waals surface area contributed by atoms with Crippen LogP contribution in [-0.2, 0) is 14.4 Å². The van der Waals surface area contributed by atoms with Crippen LogP contribution in [0, 0.1) is 11.8 Å². The molecule has 138 valence electrons. The number of aliphatic carboxylic acids is 1. The van der Waals surface area contributed by atoms with Crippen molar-refractivity contribution < 1.29 is 32.7 Å². The van der Waals surface area contributed by atoms with Gasteiger partial charge in [0.25, 0.3) is 0 Å². The van der Waals surface area contributed by atoms with Crippen molar-refractivity contribution in [2.75, 3.05) is 7.05 Å². The summed E-state index contributed by atoms with van der Waals surface area (Å²) in [5, 5.41) is 11.0. The Morgan fingerprint density at radius 3 is 2.17 bits per heavy atom. The van der Waals surface area contributed by atoms with Gasteiger partial charge in [-0.2, -0.15) is 13.2 Å². The molecule has 0 spiro atoms. The zero-order valence-electron chi connectivity index (χ0n) is 13.9. The Bertz CT molecular complexity index is 490. The third-order valence-electron chi connectivity index (χ3n) is 3.92. The van der Waals surface area contributed by atoms with Crippen LogP contribution in [0.1, 0.15) is 39.5 Å². The average Bonchev–Trinajstić information content (AvgIpc) is 3.24. The molecule has 1 rings (SSSR count). The molecule has 2 atom stereocenters. The maximum atomic E-state index is 12.5. The summed E-state index contributed by atoms with van der Waals surface area (Å²) in [5.74, 6) is -4.17. The van der Waals surface area contributed by atoms with E-state index in [-0.39, 0.29) is 24.7 Å². The van der Waals surface area contributed by atoms with Gasteiger partial charge >= 0.3 is 18.1 Å². The molecule has 1 aliphatic rings. The van der Waals surface area contributed by atoms with Gasteiger partial charge in [-0.15, -0.1) is 0 Å². The molecular formula is C15H23F3N2O4. The van der Waals surface area contributed by atoms with E-state index in [4.69, 9.17) is 0 Å². The first-order valence-corrected chi connectivity index (χ1v) is 7.80. The maximum absolute atomic E-state index is 12.5. The molecular weight excluding hydrogens is 329 g/mol. The number of rotatable bonds is 8. The van der Waals surface area contributed by atoms with Gasteiger partial charge in [0.05, 0.1) is 0 Å². The summed E-state index contributed by atoms with van der Waals surface area (Å²) < 4.78 is 37.4. The molecule has 0 heterocycles. The SMILES string of the molecule is CC(C)C[C@@H](C(=O)O)N(C)C(=O)[C@H](CC1CC1)NC(=O)C(F)(F)F. The lowest BCUT2D eigenvalue weighted by Crippen LogP contribution is -2.54. The lowest BCUT2D eigenvalue weighted by atomic mass is 10.0. The predicted molar refractivity (Wildman–Crippen MR) is 79.0 cm³/mol. The van der Waals surface area contributed by atoms with E-state index >= 15 is 0 Å². The fourth-order valence-corrected chi connectivity index (χ4v) is 2.42. The van der Waals surface area contributed by atoms with E-state index in [9.17, 15) is 32.7 Å². The maximum Gasteiger partial charge on any atom is 0.471 e. The molecule has 0 aliphatic heterocycles. The summed E-state index contributed by atoms with van der Waals surface area (Å²) in [4.78, 5) is 35.9. The number of hydrogen-bond acceptors (Lipinski definition) is 3. The van der Waals surface area contributed by atoms with Crippen molar-refractivity contribution in [2.24, 2.45) is 11.8 Å². The molecule has 0 aromatic carbocycles. The largest absolute Gasteiger partial charge is 0.480 e. The first-order valence-electron chi connectivity index (χ1n) is 7.80. The minimum Gasteiger partial charge on any atom is -0.480 e. The fourth-order valence-electron chi connectivity index (χ4n) is 2.42. The van der Waals surface area contributed by atoms with Crippen molar-refractivity contribution in [3.63, 3.8) is 0 Å². The zero-order valence-corrected chi connectivity index (χ0v) is 13.9. The number of halogens is 3. The first kappa shape index (κ1) is 20.2. The number of likely N-dealkylation sites (N-methyl/N-ethyl adjacent to an activating group) is 1. The summed E-state index contributed by atoms with van der Waals surface area (Å²) in [6.45, 7) is 3.56. The molecule has 1 fully saturated rings. The zero-order chi connectivity index (χ0) is 18.7. The van der Waals surface area contributed by atoms with Gasteiger partial charge in [0.15, 0.2) is 0 Å². The number of carbonyl (C=O) groups excluding carboxylic acids is 2. The second-order valence-corrected chi connectivity index (χ2v) is 6.64. The van der Waals surface area contributed by atoms with Gasteiger partial charge in [-0.3, -0.25) is 9.59 Å². The third-order valence-corrected chi connectivity index (χ3v) is 3.92. The molecule has 6 nitrogen and oxygen atoms in total. The van der Waals surface area contributed by atoms with Gasteiger partial charge in [-0.25, -0.2) is 4.79 Å². The topological polar surface area (TPSA) is 86.7 Å². The van der Waals surface area contributed by atoms with Crippen LogP contribution < -0.4 is 5.32 Å². The lowest BCUT2D eigenvalue weighted by molar-refractivity contribution is -0.175. The minimum atomic E-state index is -5.09. The van der Waals surface area contributed by atoms with Gasteiger partial charge in [0.1, 0.15) is 12.1 Å². The Hall–Kier alpha value is -1.80. The smallest absolute Gasteiger partial charge is 0.471 e. The third kappa shape index (κ3) is 6.01. The average molecular weight is 352 g/mol. The number of nitrogens with zero attached hydrogens (tertiary/aromatic N) is 1. The number of alkyl halides is 3. The molecule has 1 aliphatic carbocycles. The van der Waals surface area contributed by atoms with Crippen molar-refractivity contribution in [3.8, 4) is 0 Å². The molecule has 24 heavy (non-hydrogen) atoms. The van der Waals surface area contributed by atoms with Gasteiger partial charge in [0.2, 0.25) is 5.91 Å². The normalized spacial score (nSPS) is 17.3. The first-order chi connectivity index (χ1) is 10.9. The van der Waals surface area contributed by atoms with Gasteiger partial charge in [-0.1, -0.05) is 26.7 Å². The van der Waals surface area contributed by atoms with Gasteiger partial charge in [0, 0.05) is 7.05 Å². The quantitative estimate of drug-likeness (QED) is 0.697. The van der Waals surface area contributed by atoms with Crippen LogP contribution in [0.15, 0.2) is 0 Å². The molecule has 2 amide bonds. The van der Waals surface area contributed by atoms with Crippen molar-refractivity contribution in [2.45, 2.75) is 57.8 Å². The molecule has 0 bridgehead atoms. The Labute approximate surface area is 138 Å². The Morgan fingerprint density at radius 1 is 1.25 bits per heavy atom. The molecule has 0 unspecified atom stereocenters. The summed E-state index contributed by atoms with van der Waals surface area (Å²) in [6.07, 6.45) is -3.28. The van der Waals surface area contributed by atoms with Crippen LogP contribution in [0.2, 0.25) is 0 Å². The van der Waals surface area contributed by atoms with Crippen LogP contribution >= 0.6 is 0 Å². The van der Waals surface area contributed by atoms with Crippen molar-refractivity contribution in [1.29, 1.82) is 0 Å². The Balaban J connectivity index is 2.88. The summed E-state index contributed by atoms with van der Waals surface area (Å²) in [6, 6.07) is -2.52. The van der Waals surface area contributed by atoms with E-state index in [1.54, 1.807) is 19.2 Å². The van der Waals surface area contributed by atoms with E-state index in [0.717, 1.165) is 17.7 Å². The number of amides is 2. The van der Waals surface area contributed by atoms with Crippen LogP contribution in [0.4, 0.5) is 13.2 Å².